The highest BCUT2D eigenvalue weighted by Crippen LogP contribution is 2.27. The van der Waals surface area contributed by atoms with Crippen LogP contribution in [0.3, 0.4) is 0 Å². The van der Waals surface area contributed by atoms with E-state index in [-0.39, 0.29) is 5.41 Å². The highest BCUT2D eigenvalue weighted by atomic mass is 16.5. The van der Waals surface area contributed by atoms with Gasteiger partial charge in [-0.1, -0.05) is 33.6 Å². The first-order valence-electron chi connectivity index (χ1n) is 7.75. The van der Waals surface area contributed by atoms with Gasteiger partial charge in [-0.25, -0.2) is 4.98 Å². The summed E-state index contributed by atoms with van der Waals surface area (Å²) in [5.74, 6) is 3.09. The Labute approximate surface area is 122 Å². The molecule has 1 aliphatic rings. The molecule has 20 heavy (non-hydrogen) atoms. The average molecular weight is 277 g/mol. The Morgan fingerprint density at radius 2 is 1.95 bits per heavy atom. The molecular weight excluding hydrogens is 250 g/mol. The molecule has 1 heterocycles. The van der Waals surface area contributed by atoms with Crippen molar-refractivity contribution in [1.82, 2.24) is 9.97 Å². The fourth-order valence-corrected chi connectivity index (χ4v) is 2.49. The first-order chi connectivity index (χ1) is 9.49. The van der Waals surface area contributed by atoms with Crippen molar-refractivity contribution < 1.29 is 4.74 Å². The lowest BCUT2D eigenvalue weighted by atomic mass is 9.96. The highest BCUT2D eigenvalue weighted by molar-refractivity contribution is 5.39. The monoisotopic (exact) mass is 277 g/mol. The molecule has 0 amide bonds. The third kappa shape index (κ3) is 4.09. The fourth-order valence-electron chi connectivity index (χ4n) is 2.49. The largest absolute Gasteiger partial charge is 0.477 e. The van der Waals surface area contributed by atoms with Crippen LogP contribution in [0.2, 0.25) is 0 Å². The van der Waals surface area contributed by atoms with Crippen LogP contribution in [0, 0.1) is 5.92 Å². The molecule has 0 saturated heterocycles. The number of anilines is 1. The van der Waals surface area contributed by atoms with E-state index in [0.29, 0.717) is 11.8 Å². The maximum atomic E-state index is 5.92. The molecule has 0 unspecified atom stereocenters. The lowest BCUT2D eigenvalue weighted by molar-refractivity contribution is 0.241. The van der Waals surface area contributed by atoms with E-state index in [1.165, 1.54) is 25.7 Å². The topological polar surface area (TPSA) is 47.0 Å². The minimum absolute atomic E-state index is 0.0725. The van der Waals surface area contributed by atoms with Gasteiger partial charge in [-0.05, 0) is 25.7 Å². The maximum Gasteiger partial charge on any atom is 0.218 e. The van der Waals surface area contributed by atoms with Crippen LogP contribution in [-0.2, 0) is 5.41 Å². The molecule has 1 N–H and O–H groups in total. The van der Waals surface area contributed by atoms with E-state index in [4.69, 9.17) is 4.74 Å². The van der Waals surface area contributed by atoms with Crippen molar-refractivity contribution >= 4 is 5.82 Å². The van der Waals surface area contributed by atoms with Crippen molar-refractivity contribution in [3.05, 3.63) is 11.9 Å². The average Bonchev–Trinajstić information content (AvgIpc) is 2.88. The number of hydrogen-bond acceptors (Lipinski definition) is 4. The molecule has 1 fully saturated rings. The summed E-state index contributed by atoms with van der Waals surface area (Å²) in [4.78, 5) is 9.15. The molecule has 1 saturated carbocycles. The van der Waals surface area contributed by atoms with Crippen molar-refractivity contribution in [2.45, 2.75) is 58.8 Å². The predicted octanol–water partition coefficient (Wildman–Crippen LogP) is 3.77. The fraction of sp³-hybridized carbons (Fsp3) is 0.750. The van der Waals surface area contributed by atoms with Gasteiger partial charge < -0.3 is 10.1 Å². The molecule has 1 aliphatic carbocycles. The highest BCUT2D eigenvalue weighted by Gasteiger charge is 2.20. The van der Waals surface area contributed by atoms with Crippen LogP contribution in [0.4, 0.5) is 5.82 Å². The van der Waals surface area contributed by atoms with E-state index in [0.717, 1.165) is 24.8 Å². The van der Waals surface area contributed by atoms with Crippen molar-refractivity contribution in [2.24, 2.45) is 5.92 Å². The van der Waals surface area contributed by atoms with Crippen LogP contribution in [0.15, 0.2) is 6.07 Å². The van der Waals surface area contributed by atoms with E-state index in [9.17, 15) is 0 Å². The van der Waals surface area contributed by atoms with Gasteiger partial charge in [0, 0.05) is 18.0 Å². The Bertz CT molecular complexity index is 434. The van der Waals surface area contributed by atoms with Crippen molar-refractivity contribution in [3.8, 4) is 5.88 Å². The minimum Gasteiger partial charge on any atom is -0.477 e. The first-order valence-corrected chi connectivity index (χ1v) is 7.75. The molecule has 1 aromatic rings. The molecule has 0 aliphatic heterocycles. The van der Waals surface area contributed by atoms with Gasteiger partial charge in [-0.3, -0.25) is 0 Å². The van der Waals surface area contributed by atoms with Crippen LogP contribution >= 0.6 is 0 Å². The first kappa shape index (κ1) is 15.1. The summed E-state index contributed by atoms with van der Waals surface area (Å²) < 4.78 is 5.92. The van der Waals surface area contributed by atoms with Gasteiger partial charge in [0.2, 0.25) is 5.88 Å². The Morgan fingerprint density at radius 1 is 1.25 bits per heavy atom. The second-order valence-electron chi connectivity index (χ2n) is 6.66. The van der Waals surface area contributed by atoms with E-state index >= 15 is 0 Å². The number of rotatable bonds is 5. The van der Waals surface area contributed by atoms with Gasteiger partial charge in [0.05, 0.1) is 6.61 Å². The summed E-state index contributed by atoms with van der Waals surface area (Å²) >= 11 is 0. The number of nitrogens with one attached hydrogen (secondary N) is 1. The molecule has 2 rings (SSSR count). The summed E-state index contributed by atoms with van der Waals surface area (Å²) in [5, 5.41) is 3.26. The number of ether oxygens (including phenoxy) is 1. The van der Waals surface area contributed by atoms with Gasteiger partial charge in [-0.2, -0.15) is 4.98 Å². The predicted molar refractivity (Wildman–Crippen MR) is 82.3 cm³/mol. The number of hydrogen-bond donors (Lipinski definition) is 1. The van der Waals surface area contributed by atoms with Crippen LogP contribution < -0.4 is 10.1 Å². The summed E-state index contributed by atoms with van der Waals surface area (Å²) in [6.07, 6.45) is 5.26. The third-order valence-corrected chi connectivity index (χ3v) is 3.67. The Hall–Kier alpha value is -1.32. The Balaban J connectivity index is 2.11. The third-order valence-electron chi connectivity index (χ3n) is 3.67. The maximum absolute atomic E-state index is 5.92. The lowest BCUT2D eigenvalue weighted by Crippen LogP contribution is -2.18. The van der Waals surface area contributed by atoms with Crippen LogP contribution in [0.25, 0.3) is 0 Å². The van der Waals surface area contributed by atoms with Gasteiger partial charge >= 0.3 is 0 Å². The standard InChI is InChI=1S/C16H27N3O/c1-5-17-13-10-14(19-15(18-13)16(2,3)4)20-11-12-8-6-7-9-12/h10,12H,5-9,11H2,1-4H3,(H,17,18,19). The van der Waals surface area contributed by atoms with Crippen molar-refractivity contribution in [1.29, 1.82) is 0 Å². The molecular formula is C16H27N3O. The van der Waals surface area contributed by atoms with Crippen LogP contribution in [0.1, 0.15) is 59.2 Å². The molecule has 0 radical (unpaired) electrons. The zero-order valence-corrected chi connectivity index (χ0v) is 13.2. The van der Waals surface area contributed by atoms with Gasteiger partial charge in [-0.15, -0.1) is 0 Å². The molecule has 0 aromatic carbocycles. The van der Waals surface area contributed by atoms with Crippen LogP contribution in [-0.4, -0.2) is 23.1 Å². The molecule has 4 heteroatoms. The number of nitrogens with zero attached hydrogens (tertiary/aromatic N) is 2. The zero-order valence-electron chi connectivity index (χ0n) is 13.2. The van der Waals surface area contributed by atoms with Gasteiger partial charge in [0.25, 0.3) is 0 Å². The van der Waals surface area contributed by atoms with Crippen molar-refractivity contribution in [2.75, 3.05) is 18.5 Å². The molecule has 0 atom stereocenters. The minimum atomic E-state index is -0.0725. The molecule has 112 valence electrons. The van der Waals surface area contributed by atoms with E-state index in [2.05, 4.69) is 43.0 Å². The second kappa shape index (κ2) is 6.42. The summed E-state index contributed by atoms with van der Waals surface area (Å²) in [6.45, 7) is 10.1. The molecule has 4 nitrogen and oxygen atoms in total. The summed E-state index contributed by atoms with van der Waals surface area (Å²) in [6, 6.07) is 1.91. The smallest absolute Gasteiger partial charge is 0.218 e. The lowest BCUT2D eigenvalue weighted by Gasteiger charge is -2.19. The van der Waals surface area contributed by atoms with Gasteiger partial charge in [0.1, 0.15) is 11.6 Å². The SMILES string of the molecule is CCNc1cc(OCC2CCCC2)nc(C(C)(C)C)n1. The van der Waals surface area contributed by atoms with Crippen molar-refractivity contribution in [3.63, 3.8) is 0 Å². The van der Waals surface area contributed by atoms with E-state index in [1.54, 1.807) is 0 Å². The normalized spacial score (nSPS) is 16.4. The quantitative estimate of drug-likeness (QED) is 0.890. The van der Waals surface area contributed by atoms with E-state index in [1.807, 2.05) is 6.07 Å². The summed E-state index contributed by atoms with van der Waals surface area (Å²) in [7, 11) is 0. The molecule has 1 aromatic heterocycles. The van der Waals surface area contributed by atoms with Gasteiger partial charge in [0.15, 0.2) is 0 Å². The van der Waals surface area contributed by atoms with E-state index < -0.39 is 0 Å². The number of aromatic nitrogens is 2. The Kier molecular flexibility index (Phi) is 4.84. The van der Waals surface area contributed by atoms with Crippen LogP contribution in [0.5, 0.6) is 5.88 Å². The summed E-state index contributed by atoms with van der Waals surface area (Å²) in [5.41, 5.74) is -0.0725. The molecule has 0 spiro atoms. The zero-order chi connectivity index (χ0) is 14.6. The molecule has 0 bridgehead atoms. The Morgan fingerprint density at radius 3 is 2.55 bits per heavy atom. The second-order valence-corrected chi connectivity index (χ2v) is 6.66.